The largest absolute Gasteiger partial charge is 0.496 e. The van der Waals surface area contributed by atoms with Crippen LogP contribution in [0.5, 0.6) is 5.75 Å². The highest BCUT2D eigenvalue weighted by Gasteiger charge is 2.36. The minimum absolute atomic E-state index is 0.131. The van der Waals surface area contributed by atoms with Gasteiger partial charge in [0.1, 0.15) is 11.8 Å². The molecule has 2 aliphatic heterocycles. The van der Waals surface area contributed by atoms with Crippen LogP contribution in [0.4, 0.5) is 0 Å². The van der Waals surface area contributed by atoms with Crippen molar-refractivity contribution in [3.63, 3.8) is 0 Å². The molecule has 0 bridgehead atoms. The van der Waals surface area contributed by atoms with E-state index in [1.54, 1.807) is 28.0 Å². The first-order chi connectivity index (χ1) is 13.4. The smallest absolute Gasteiger partial charge is 0.258 e. The minimum Gasteiger partial charge on any atom is -0.496 e. The molecule has 0 radical (unpaired) electrons. The number of benzene rings is 1. The molecule has 1 aromatic carbocycles. The highest BCUT2D eigenvalue weighted by atomic mass is 35.5. The van der Waals surface area contributed by atoms with Crippen LogP contribution in [0.25, 0.3) is 0 Å². The fourth-order valence-electron chi connectivity index (χ4n) is 3.90. The summed E-state index contributed by atoms with van der Waals surface area (Å²) in [5.41, 5.74) is 0.352. The van der Waals surface area contributed by atoms with E-state index >= 15 is 0 Å². The molecule has 152 valence electrons. The lowest BCUT2D eigenvalue weighted by atomic mass is 10.1. The van der Waals surface area contributed by atoms with Crippen molar-refractivity contribution in [3.05, 3.63) is 28.8 Å². The Morgan fingerprint density at radius 3 is 2.79 bits per heavy atom. The van der Waals surface area contributed by atoms with Gasteiger partial charge in [-0.1, -0.05) is 11.6 Å². The lowest BCUT2D eigenvalue weighted by molar-refractivity contribution is -0.129. The summed E-state index contributed by atoms with van der Waals surface area (Å²) in [6.07, 6.45) is 2.81. The van der Waals surface area contributed by atoms with Crippen LogP contribution in [0.1, 0.15) is 43.0 Å². The number of carbonyl (C=O) groups is 3. The lowest BCUT2D eigenvalue weighted by Gasteiger charge is -2.27. The van der Waals surface area contributed by atoms with E-state index in [2.05, 4.69) is 5.32 Å². The zero-order valence-electron chi connectivity index (χ0n) is 16.2. The van der Waals surface area contributed by atoms with Gasteiger partial charge in [-0.3, -0.25) is 14.4 Å². The monoisotopic (exact) mass is 407 g/mol. The second kappa shape index (κ2) is 8.82. The topological polar surface area (TPSA) is 79.0 Å². The first-order valence-corrected chi connectivity index (χ1v) is 10.0. The summed E-state index contributed by atoms with van der Waals surface area (Å²) in [5.74, 6) is 0.110. The molecule has 0 aromatic heterocycles. The number of likely N-dealkylation sites (tertiary alicyclic amines) is 2. The van der Waals surface area contributed by atoms with Crippen molar-refractivity contribution in [2.75, 3.05) is 26.7 Å². The Morgan fingerprint density at radius 2 is 2.11 bits per heavy atom. The molecule has 0 spiro atoms. The number of hydrogen-bond donors (Lipinski definition) is 1. The number of nitrogens with zero attached hydrogens (tertiary/aromatic N) is 2. The van der Waals surface area contributed by atoms with E-state index in [1.807, 2.05) is 6.92 Å². The maximum absolute atomic E-state index is 13.1. The summed E-state index contributed by atoms with van der Waals surface area (Å²) in [6, 6.07) is 4.17. The van der Waals surface area contributed by atoms with Gasteiger partial charge in [0.15, 0.2) is 0 Å². The van der Waals surface area contributed by atoms with E-state index in [9.17, 15) is 14.4 Å². The van der Waals surface area contributed by atoms with Crippen molar-refractivity contribution in [2.24, 2.45) is 0 Å². The average molecular weight is 408 g/mol. The van der Waals surface area contributed by atoms with Gasteiger partial charge in [0, 0.05) is 37.1 Å². The van der Waals surface area contributed by atoms with E-state index in [1.165, 1.54) is 7.11 Å². The van der Waals surface area contributed by atoms with Crippen molar-refractivity contribution in [1.82, 2.24) is 15.1 Å². The summed E-state index contributed by atoms with van der Waals surface area (Å²) in [7, 11) is 1.50. The molecule has 1 aromatic rings. The van der Waals surface area contributed by atoms with Gasteiger partial charge in [-0.25, -0.2) is 0 Å². The molecule has 1 N–H and O–H groups in total. The van der Waals surface area contributed by atoms with Gasteiger partial charge >= 0.3 is 0 Å². The fourth-order valence-corrected chi connectivity index (χ4v) is 4.07. The molecule has 2 unspecified atom stereocenters. The first kappa shape index (κ1) is 20.5. The Balaban J connectivity index is 1.66. The molecule has 3 amide bonds. The molecule has 3 rings (SSSR count). The highest BCUT2D eigenvalue weighted by molar-refractivity contribution is 6.31. The van der Waals surface area contributed by atoms with Gasteiger partial charge in [-0.2, -0.15) is 0 Å². The van der Waals surface area contributed by atoms with Gasteiger partial charge in [0.25, 0.3) is 5.91 Å². The first-order valence-electron chi connectivity index (χ1n) is 9.63. The molecule has 2 aliphatic rings. The molecular formula is C20H26ClN3O4. The standard InChI is InChI=1S/C20H26ClN3O4/c1-13(12-23-9-4-6-18(23)25)22-19(26)16-5-3-10-24(16)20(27)15-11-14(21)7-8-17(15)28-2/h7-8,11,13,16H,3-6,9-10,12H2,1-2H3,(H,22,26). The van der Waals surface area contributed by atoms with Gasteiger partial charge in [0.05, 0.1) is 12.7 Å². The van der Waals surface area contributed by atoms with Gasteiger partial charge < -0.3 is 19.9 Å². The van der Waals surface area contributed by atoms with Crippen molar-refractivity contribution >= 4 is 29.3 Å². The van der Waals surface area contributed by atoms with Gasteiger partial charge in [-0.05, 0) is 44.4 Å². The molecule has 2 saturated heterocycles. The van der Waals surface area contributed by atoms with E-state index in [0.717, 1.165) is 19.4 Å². The zero-order chi connectivity index (χ0) is 20.3. The second-order valence-electron chi connectivity index (χ2n) is 7.35. The number of hydrogen-bond acceptors (Lipinski definition) is 4. The molecule has 2 atom stereocenters. The van der Waals surface area contributed by atoms with Crippen molar-refractivity contribution in [3.8, 4) is 5.75 Å². The highest BCUT2D eigenvalue weighted by Crippen LogP contribution is 2.27. The van der Waals surface area contributed by atoms with Crippen LogP contribution < -0.4 is 10.1 Å². The Hall–Kier alpha value is -2.28. The normalized spacial score (nSPS) is 20.4. The van der Waals surface area contributed by atoms with E-state index in [4.69, 9.17) is 16.3 Å². The predicted molar refractivity (Wildman–Crippen MR) is 105 cm³/mol. The third-order valence-electron chi connectivity index (χ3n) is 5.26. The van der Waals surface area contributed by atoms with Crippen molar-refractivity contribution in [1.29, 1.82) is 0 Å². The molecular weight excluding hydrogens is 382 g/mol. The van der Waals surface area contributed by atoms with E-state index in [-0.39, 0.29) is 23.8 Å². The fraction of sp³-hybridized carbons (Fsp3) is 0.550. The summed E-state index contributed by atoms with van der Waals surface area (Å²) in [5, 5.41) is 3.40. The molecule has 2 fully saturated rings. The second-order valence-corrected chi connectivity index (χ2v) is 7.79. The summed E-state index contributed by atoms with van der Waals surface area (Å²) < 4.78 is 5.28. The van der Waals surface area contributed by atoms with E-state index in [0.29, 0.717) is 42.3 Å². The van der Waals surface area contributed by atoms with Crippen molar-refractivity contribution in [2.45, 2.75) is 44.7 Å². The number of rotatable bonds is 6. The SMILES string of the molecule is COc1ccc(Cl)cc1C(=O)N1CCCC1C(=O)NC(C)CN1CCCC1=O. The Bertz CT molecular complexity index is 770. The maximum Gasteiger partial charge on any atom is 0.258 e. The number of ether oxygens (including phenoxy) is 1. The van der Waals surface area contributed by atoms with Crippen LogP contribution in [0, 0.1) is 0 Å². The molecule has 0 saturated carbocycles. The maximum atomic E-state index is 13.1. The van der Waals surface area contributed by atoms with E-state index < -0.39 is 6.04 Å². The van der Waals surface area contributed by atoms with Crippen LogP contribution in [0.2, 0.25) is 5.02 Å². The number of amides is 3. The quantitative estimate of drug-likeness (QED) is 0.783. The molecule has 2 heterocycles. The average Bonchev–Trinajstić information content (AvgIpc) is 3.30. The van der Waals surface area contributed by atoms with Crippen LogP contribution in [-0.2, 0) is 9.59 Å². The zero-order valence-corrected chi connectivity index (χ0v) is 17.0. The minimum atomic E-state index is -0.534. The summed E-state index contributed by atoms with van der Waals surface area (Å²) in [4.78, 5) is 41.0. The molecule has 8 heteroatoms. The summed E-state index contributed by atoms with van der Waals surface area (Å²) >= 11 is 6.05. The van der Waals surface area contributed by atoms with Crippen LogP contribution in [0.3, 0.4) is 0 Å². The Morgan fingerprint density at radius 1 is 1.32 bits per heavy atom. The molecule has 0 aliphatic carbocycles. The number of nitrogens with one attached hydrogen (secondary N) is 1. The number of carbonyl (C=O) groups excluding carboxylic acids is 3. The molecule has 7 nitrogen and oxygen atoms in total. The Labute approximate surface area is 169 Å². The predicted octanol–water partition coefficient (Wildman–Crippen LogP) is 2.08. The van der Waals surface area contributed by atoms with Gasteiger partial charge in [0.2, 0.25) is 11.8 Å². The third kappa shape index (κ3) is 4.41. The number of methoxy groups -OCH3 is 1. The lowest BCUT2D eigenvalue weighted by Crippen LogP contribution is -2.50. The van der Waals surface area contributed by atoms with Crippen LogP contribution in [0.15, 0.2) is 18.2 Å². The summed E-state index contributed by atoms with van der Waals surface area (Å²) in [6.45, 7) is 3.62. The van der Waals surface area contributed by atoms with Crippen LogP contribution >= 0.6 is 11.6 Å². The van der Waals surface area contributed by atoms with Crippen molar-refractivity contribution < 1.29 is 19.1 Å². The van der Waals surface area contributed by atoms with Crippen LogP contribution in [-0.4, -0.2) is 66.3 Å². The third-order valence-corrected chi connectivity index (χ3v) is 5.50. The number of halogens is 1. The molecule has 28 heavy (non-hydrogen) atoms. The Kier molecular flexibility index (Phi) is 6.44. The van der Waals surface area contributed by atoms with Gasteiger partial charge in [-0.15, -0.1) is 0 Å².